The minimum absolute atomic E-state index is 0.115. The molecule has 2 amide bonds. The molecule has 3 aromatic rings. The molecule has 0 radical (unpaired) electrons. The molecule has 198 valence electrons. The van der Waals surface area contributed by atoms with Crippen molar-refractivity contribution in [3.8, 4) is 5.75 Å². The molecule has 3 heterocycles. The van der Waals surface area contributed by atoms with Gasteiger partial charge in [-0.2, -0.15) is 0 Å². The predicted molar refractivity (Wildman–Crippen MR) is 148 cm³/mol. The fourth-order valence-corrected chi connectivity index (χ4v) is 4.64. The number of pyridine rings is 1. The molecule has 2 fully saturated rings. The number of piperazine rings is 1. The highest BCUT2D eigenvalue weighted by Crippen LogP contribution is 2.23. The Bertz CT molecular complexity index is 1240. The molecule has 9 nitrogen and oxygen atoms in total. The smallest absolute Gasteiger partial charge is 0.410 e. The summed E-state index contributed by atoms with van der Waals surface area (Å²) in [6.45, 7) is 5.50. The van der Waals surface area contributed by atoms with E-state index >= 15 is 0 Å². The molecular weight excluding hydrogens is 506 g/mol. The Hall–Kier alpha value is -3.82. The highest BCUT2D eigenvalue weighted by atomic mass is 35.5. The van der Waals surface area contributed by atoms with Crippen LogP contribution in [0.4, 0.5) is 22.0 Å². The summed E-state index contributed by atoms with van der Waals surface area (Å²) in [5.41, 5.74) is 2.39. The first-order valence-corrected chi connectivity index (χ1v) is 13.0. The van der Waals surface area contributed by atoms with Crippen LogP contribution in [0.5, 0.6) is 5.75 Å². The van der Waals surface area contributed by atoms with Crippen LogP contribution >= 0.6 is 11.6 Å². The molecular formula is C28H30ClN5O4. The lowest BCUT2D eigenvalue weighted by molar-refractivity contribution is 0.0992. The maximum Gasteiger partial charge on any atom is 0.415 e. The molecule has 2 aromatic carbocycles. The van der Waals surface area contributed by atoms with Crippen LogP contribution < -0.4 is 19.4 Å². The molecule has 2 aliphatic rings. The Balaban J connectivity index is 1.13. The fourth-order valence-electron chi connectivity index (χ4n) is 4.52. The van der Waals surface area contributed by atoms with E-state index in [2.05, 4.69) is 14.8 Å². The Labute approximate surface area is 227 Å². The van der Waals surface area contributed by atoms with E-state index in [1.807, 2.05) is 36.4 Å². The normalized spacial score (nSPS) is 15.8. The number of carbonyl (C=O) groups excluding carboxylic acids is 2. The molecule has 0 saturated carbocycles. The molecule has 0 unspecified atom stereocenters. The molecule has 0 spiro atoms. The first kappa shape index (κ1) is 25.8. The van der Waals surface area contributed by atoms with Crippen LogP contribution in [-0.4, -0.2) is 81.4 Å². The molecule has 0 N–H and O–H groups in total. The Kier molecular flexibility index (Phi) is 7.95. The monoisotopic (exact) mass is 535 g/mol. The SMILES string of the molecule is CN(C(=O)c1ccc(N2CCOCC2)cc1)c1ccc(OC(=O)N2CCN(c3ccc(Cl)cn3)CC2)cc1. The van der Waals surface area contributed by atoms with E-state index in [0.717, 1.165) is 24.6 Å². The van der Waals surface area contributed by atoms with Gasteiger partial charge in [0, 0.05) is 69.5 Å². The van der Waals surface area contributed by atoms with Gasteiger partial charge in [0.2, 0.25) is 0 Å². The second-order valence-electron chi connectivity index (χ2n) is 9.18. The minimum Gasteiger partial charge on any atom is -0.410 e. The largest absolute Gasteiger partial charge is 0.415 e. The highest BCUT2D eigenvalue weighted by molar-refractivity contribution is 6.30. The van der Waals surface area contributed by atoms with Crippen molar-refractivity contribution in [1.82, 2.24) is 9.88 Å². The van der Waals surface area contributed by atoms with Crippen LogP contribution in [0.25, 0.3) is 0 Å². The lowest BCUT2D eigenvalue weighted by Gasteiger charge is -2.34. The average molecular weight is 536 g/mol. The number of anilines is 3. The third kappa shape index (κ3) is 6.00. The second kappa shape index (κ2) is 11.7. The summed E-state index contributed by atoms with van der Waals surface area (Å²) in [5, 5.41) is 0.593. The van der Waals surface area contributed by atoms with Crippen LogP contribution in [-0.2, 0) is 4.74 Å². The number of ether oxygens (including phenoxy) is 2. The third-order valence-electron chi connectivity index (χ3n) is 6.80. The lowest BCUT2D eigenvalue weighted by Crippen LogP contribution is -2.49. The van der Waals surface area contributed by atoms with E-state index in [1.165, 1.54) is 0 Å². The third-order valence-corrected chi connectivity index (χ3v) is 7.02. The van der Waals surface area contributed by atoms with Gasteiger partial charge in [0.25, 0.3) is 5.91 Å². The van der Waals surface area contributed by atoms with Crippen LogP contribution in [0.15, 0.2) is 66.9 Å². The molecule has 5 rings (SSSR count). The summed E-state index contributed by atoms with van der Waals surface area (Å²) in [4.78, 5) is 37.7. The number of halogens is 1. The molecule has 0 bridgehead atoms. The van der Waals surface area contributed by atoms with E-state index in [9.17, 15) is 9.59 Å². The first-order chi connectivity index (χ1) is 18.5. The van der Waals surface area contributed by atoms with Crippen LogP contribution in [0.1, 0.15) is 10.4 Å². The van der Waals surface area contributed by atoms with Crippen LogP contribution in [0.2, 0.25) is 5.02 Å². The van der Waals surface area contributed by atoms with E-state index in [1.54, 1.807) is 47.3 Å². The number of aromatic nitrogens is 1. The molecule has 10 heteroatoms. The molecule has 2 aliphatic heterocycles. The van der Waals surface area contributed by atoms with Crippen LogP contribution in [0, 0.1) is 0 Å². The number of rotatable bonds is 5. The van der Waals surface area contributed by atoms with Crippen molar-refractivity contribution in [3.63, 3.8) is 0 Å². The molecule has 1 aromatic heterocycles. The molecule has 2 saturated heterocycles. The van der Waals surface area contributed by atoms with Crippen molar-refractivity contribution in [2.24, 2.45) is 0 Å². The van der Waals surface area contributed by atoms with E-state index in [0.29, 0.717) is 61.4 Å². The molecule has 38 heavy (non-hydrogen) atoms. The van der Waals surface area contributed by atoms with E-state index in [4.69, 9.17) is 21.1 Å². The maximum absolute atomic E-state index is 13.0. The number of benzene rings is 2. The number of carbonyl (C=O) groups is 2. The topological polar surface area (TPSA) is 78.5 Å². The summed E-state index contributed by atoms with van der Waals surface area (Å²) >= 11 is 5.92. The van der Waals surface area contributed by atoms with Crippen molar-refractivity contribution < 1.29 is 19.1 Å². The average Bonchev–Trinajstić information content (AvgIpc) is 2.98. The molecule has 0 aliphatic carbocycles. The van der Waals surface area contributed by atoms with Crippen molar-refractivity contribution >= 4 is 40.8 Å². The van der Waals surface area contributed by atoms with Gasteiger partial charge in [-0.25, -0.2) is 9.78 Å². The van der Waals surface area contributed by atoms with Gasteiger partial charge in [-0.05, 0) is 60.7 Å². The standard InChI is InChI=1S/C28H30ClN5O4/c1-31(27(35)21-2-5-24(6-3-21)32-16-18-37-19-17-32)23-7-9-25(10-8-23)38-28(36)34-14-12-33(13-15-34)26-11-4-22(29)20-30-26/h2-11,20H,12-19H2,1H3. The van der Waals surface area contributed by atoms with E-state index in [-0.39, 0.29) is 5.91 Å². The number of nitrogens with zero attached hydrogens (tertiary/aromatic N) is 5. The summed E-state index contributed by atoms with van der Waals surface area (Å²) < 4.78 is 11.0. The number of hydrogen-bond acceptors (Lipinski definition) is 7. The van der Waals surface area contributed by atoms with Crippen LogP contribution in [0.3, 0.4) is 0 Å². The van der Waals surface area contributed by atoms with Gasteiger partial charge in [-0.3, -0.25) is 4.79 Å². The van der Waals surface area contributed by atoms with Gasteiger partial charge < -0.3 is 29.1 Å². The van der Waals surface area contributed by atoms with Gasteiger partial charge in [0.05, 0.1) is 18.2 Å². The van der Waals surface area contributed by atoms with Gasteiger partial charge in [-0.1, -0.05) is 11.6 Å². The highest BCUT2D eigenvalue weighted by Gasteiger charge is 2.23. The fraction of sp³-hybridized carbons (Fsp3) is 0.321. The number of hydrogen-bond donors (Lipinski definition) is 0. The van der Waals surface area contributed by atoms with Gasteiger partial charge in [0.1, 0.15) is 11.6 Å². The summed E-state index contributed by atoms with van der Waals surface area (Å²) in [7, 11) is 1.73. The number of morpholine rings is 1. The van der Waals surface area contributed by atoms with Gasteiger partial charge in [0.15, 0.2) is 0 Å². The van der Waals surface area contributed by atoms with Gasteiger partial charge >= 0.3 is 6.09 Å². The van der Waals surface area contributed by atoms with Crippen molar-refractivity contribution in [1.29, 1.82) is 0 Å². The van der Waals surface area contributed by atoms with Gasteiger partial charge in [-0.15, -0.1) is 0 Å². The molecule has 0 atom stereocenters. The number of amides is 2. The zero-order valence-electron chi connectivity index (χ0n) is 21.3. The van der Waals surface area contributed by atoms with Crippen molar-refractivity contribution in [2.45, 2.75) is 0 Å². The summed E-state index contributed by atoms with van der Waals surface area (Å²) in [6, 6.07) is 18.3. The Morgan fingerprint density at radius 2 is 1.55 bits per heavy atom. The lowest BCUT2D eigenvalue weighted by atomic mass is 10.1. The predicted octanol–water partition coefficient (Wildman–Crippen LogP) is 4.17. The zero-order chi connectivity index (χ0) is 26.5. The van der Waals surface area contributed by atoms with E-state index < -0.39 is 6.09 Å². The summed E-state index contributed by atoms with van der Waals surface area (Å²) in [6.07, 6.45) is 1.22. The minimum atomic E-state index is -0.397. The zero-order valence-corrected chi connectivity index (χ0v) is 22.0. The van der Waals surface area contributed by atoms with Crippen molar-refractivity contribution in [2.75, 3.05) is 74.2 Å². The first-order valence-electron chi connectivity index (χ1n) is 12.6. The quantitative estimate of drug-likeness (QED) is 0.485. The Morgan fingerprint density at radius 3 is 2.18 bits per heavy atom. The second-order valence-corrected chi connectivity index (χ2v) is 9.62. The summed E-state index contributed by atoms with van der Waals surface area (Å²) in [5.74, 6) is 1.15. The Morgan fingerprint density at radius 1 is 0.868 bits per heavy atom. The van der Waals surface area contributed by atoms with Crippen molar-refractivity contribution in [3.05, 3.63) is 77.4 Å². The maximum atomic E-state index is 13.0.